The first-order valence-electron chi connectivity index (χ1n) is 7.02. The summed E-state index contributed by atoms with van der Waals surface area (Å²) in [5, 5.41) is 9.03. The quantitative estimate of drug-likeness (QED) is 0.749. The smallest absolute Gasteiger partial charge is 0.308 e. The van der Waals surface area contributed by atoms with Gasteiger partial charge in [0, 0.05) is 6.54 Å². The highest BCUT2D eigenvalue weighted by Crippen LogP contribution is 2.24. The van der Waals surface area contributed by atoms with Gasteiger partial charge in [0.25, 0.3) is 0 Å². The lowest BCUT2D eigenvalue weighted by molar-refractivity contribution is -0.142. The predicted molar refractivity (Wildman–Crippen MR) is 74.3 cm³/mol. The van der Waals surface area contributed by atoms with Crippen molar-refractivity contribution >= 4 is 16.0 Å². The van der Waals surface area contributed by atoms with Crippen LogP contribution >= 0.6 is 0 Å². The zero-order chi connectivity index (χ0) is 14.5. The molecule has 1 unspecified atom stereocenters. The molecule has 0 amide bonds. The number of aliphatic carboxylic acids is 1. The van der Waals surface area contributed by atoms with Gasteiger partial charge in [0.15, 0.2) is 0 Å². The van der Waals surface area contributed by atoms with Crippen LogP contribution in [0.4, 0.5) is 0 Å². The molecule has 1 aliphatic carbocycles. The fraction of sp³-hybridized carbons (Fsp3) is 0.923. The molecule has 1 aliphatic rings. The average Bonchev–Trinajstić information content (AvgIpc) is 2.28. The van der Waals surface area contributed by atoms with E-state index in [4.69, 9.17) is 5.11 Å². The van der Waals surface area contributed by atoms with E-state index >= 15 is 0 Å². The zero-order valence-corrected chi connectivity index (χ0v) is 12.6. The topological polar surface area (TPSA) is 83.5 Å². The Morgan fingerprint density at radius 1 is 1.26 bits per heavy atom. The van der Waals surface area contributed by atoms with E-state index in [1.165, 1.54) is 6.42 Å². The molecule has 0 aromatic carbocycles. The van der Waals surface area contributed by atoms with Crippen molar-refractivity contribution in [2.75, 3.05) is 12.3 Å². The molecule has 112 valence electrons. The monoisotopic (exact) mass is 291 g/mol. The van der Waals surface area contributed by atoms with E-state index in [2.05, 4.69) is 4.72 Å². The molecule has 19 heavy (non-hydrogen) atoms. The summed E-state index contributed by atoms with van der Waals surface area (Å²) in [6.07, 6.45) is 5.33. The molecule has 0 radical (unpaired) electrons. The molecule has 5 nitrogen and oxygen atoms in total. The SMILES string of the molecule is CC(C)C(CNS(=O)(=O)CC1CCCCC1)C(=O)O. The molecule has 0 spiro atoms. The highest BCUT2D eigenvalue weighted by molar-refractivity contribution is 7.89. The minimum absolute atomic E-state index is 0.0119. The van der Waals surface area contributed by atoms with Crippen molar-refractivity contribution in [2.45, 2.75) is 46.0 Å². The van der Waals surface area contributed by atoms with Crippen molar-refractivity contribution in [1.29, 1.82) is 0 Å². The number of hydrogen-bond donors (Lipinski definition) is 2. The third-order valence-corrected chi connectivity index (χ3v) is 5.34. The second-order valence-corrected chi connectivity index (χ2v) is 7.67. The molecule has 1 rings (SSSR count). The second kappa shape index (κ2) is 7.24. The van der Waals surface area contributed by atoms with Crippen molar-refractivity contribution in [3.05, 3.63) is 0 Å². The summed E-state index contributed by atoms with van der Waals surface area (Å²) in [5.74, 6) is -1.34. The Morgan fingerprint density at radius 3 is 2.32 bits per heavy atom. The fourth-order valence-electron chi connectivity index (χ4n) is 2.55. The summed E-state index contributed by atoms with van der Waals surface area (Å²) >= 11 is 0. The third-order valence-electron chi connectivity index (χ3n) is 3.82. The van der Waals surface area contributed by atoms with Crippen molar-refractivity contribution in [2.24, 2.45) is 17.8 Å². The number of nitrogens with one attached hydrogen (secondary N) is 1. The van der Waals surface area contributed by atoms with Gasteiger partial charge in [-0.15, -0.1) is 0 Å². The van der Waals surface area contributed by atoms with E-state index in [1.807, 2.05) is 0 Å². The van der Waals surface area contributed by atoms with Crippen molar-refractivity contribution in [3.63, 3.8) is 0 Å². The van der Waals surface area contributed by atoms with Crippen LogP contribution in [0.3, 0.4) is 0 Å². The number of carbonyl (C=O) groups is 1. The first-order chi connectivity index (χ1) is 8.82. The molecule has 0 heterocycles. The lowest BCUT2D eigenvalue weighted by Crippen LogP contribution is -2.38. The van der Waals surface area contributed by atoms with E-state index in [-0.39, 0.29) is 24.1 Å². The van der Waals surface area contributed by atoms with E-state index in [0.717, 1.165) is 25.7 Å². The van der Waals surface area contributed by atoms with E-state index < -0.39 is 21.9 Å². The summed E-state index contributed by atoms with van der Waals surface area (Å²) in [6.45, 7) is 3.56. The Balaban J connectivity index is 2.47. The third kappa shape index (κ3) is 5.91. The number of carboxylic acids is 1. The lowest BCUT2D eigenvalue weighted by atomic mass is 9.91. The van der Waals surface area contributed by atoms with Gasteiger partial charge in [-0.05, 0) is 24.7 Å². The minimum atomic E-state index is -3.36. The maximum absolute atomic E-state index is 11.9. The summed E-state index contributed by atoms with van der Waals surface area (Å²) in [6, 6.07) is 0. The molecule has 0 aliphatic heterocycles. The Bertz CT molecular complexity index is 385. The van der Waals surface area contributed by atoms with Gasteiger partial charge in [-0.1, -0.05) is 33.1 Å². The van der Waals surface area contributed by atoms with Crippen LogP contribution in [0.5, 0.6) is 0 Å². The molecular weight excluding hydrogens is 266 g/mol. The van der Waals surface area contributed by atoms with Crippen molar-refractivity contribution in [1.82, 2.24) is 4.72 Å². The first-order valence-corrected chi connectivity index (χ1v) is 8.67. The normalized spacial score (nSPS) is 19.5. The highest BCUT2D eigenvalue weighted by Gasteiger charge is 2.26. The van der Waals surface area contributed by atoms with Gasteiger partial charge < -0.3 is 5.11 Å². The van der Waals surface area contributed by atoms with Gasteiger partial charge in [-0.2, -0.15) is 0 Å². The maximum atomic E-state index is 11.9. The molecule has 0 bridgehead atoms. The average molecular weight is 291 g/mol. The number of carboxylic acid groups (broad SMARTS) is 1. The molecular formula is C13H25NO4S. The molecule has 6 heteroatoms. The van der Waals surface area contributed by atoms with Gasteiger partial charge in [-0.25, -0.2) is 13.1 Å². The van der Waals surface area contributed by atoms with Crippen LogP contribution in [0.15, 0.2) is 0 Å². The lowest BCUT2D eigenvalue weighted by Gasteiger charge is -2.22. The molecule has 1 atom stereocenters. The van der Waals surface area contributed by atoms with Crippen LogP contribution in [0.25, 0.3) is 0 Å². The van der Waals surface area contributed by atoms with Crippen LogP contribution in [-0.4, -0.2) is 31.8 Å². The maximum Gasteiger partial charge on any atom is 0.308 e. The summed E-state index contributed by atoms with van der Waals surface area (Å²) in [5.41, 5.74) is 0. The van der Waals surface area contributed by atoms with E-state index in [0.29, 0.717) is 0 Å². The predicted octanol–water partition coefficient (Wildman–Crippen LogP) is 1.84. The Hall–Kier alpha value is -0.620. The number of hydrogen-bond acceptors (Lipinski definition) is 3. The molecule has 1 saturated carbocycles. The van der Waals surface area contributed by atoms with Crippen LogP contribution in [0.2, 0.25) is 0 Å². The minimum Gasteiger partial charge on any atom is -0.481 e. The molecule has 0 aromatic heterocycles. The Labute approximate surface area is 115 Å². The van der Waals surface area contributed by atoms with Gasteiger partial charge in [-0.3, -0.25) is 4.79 Å². The highest BCUT2D eigenvalue weighted by atomic mass is 32.2. The zero-order valence-electron chi connectivity index (χ0n) is 11.8. The van der Waals surface area contributed by atoms with Crippen molar-refractivity contribution in [3.8, 4) is 0 Å². The van der Waals surface area contributed by atoms with E-state index in [9.17, 15) is 13.2 Å². The van der Waals surface area contributed by atoms with Gasteiger partial charge in [0.2, 0.25) is 10.0 Å². The standard InChI is InChI=1S/C13H25NO4S/c1-10(2)12(13(15)16)8-14-19(17,18)9-11-6-4-3-5-7-11/h10-12,14H,3-9H2,1-2H3,(H,15,16). The van der Waals surface area contributed by atoms with Crippen molar-refractivity contribution < 1.29 is 18.3 Å². The van der Waals surface area contributed by atoms with Crippen LogP contribution in [-0.2, 0) is 14.8 Å². The van der Waals surface area contributed by atoms with Gasteiger partial charge in [0.05, 0.1) is 11.7 Å². The Morgan fingerprint density at radius 2 is 1.84 bits per heavy atom. The van der Waals surface area contributed by atoms with Crippen LogP contribution in [0, 0.1) is 17.8 Å². The number of sulfonamides is 1. The summed E-state index contributed by atoms with van der Waals surface area (Å²) < 4.78 is 26.3. The second-order valence-electron chi connectivity index (χ2n) is 5.82. The summed E-state index contributed by atoms with van der Waals surface area (Å²) in [7, 11) is -3.36. The van der Waals surface area contributed by atoms with Gasteiger partial charge in [0.1, 0.15) is 0 Å². The molecule has 2 N–H and O–H groups in total. The van der Waals surface area contributed by atoms with Gasteiger partial charge >= 0.3 is 5.97 Å². The largest absolute Gasteiger partial charge is 0.481 e. The first kappa shape index (κ1) is 16.4. The number of rotatable bonds is 7. The Kier molecular flexibility index (Phi) is 6.26. The van der Waals surface area contributed by atoms with Crippen LogP contribution in [0.1, 0.15) is 46.0 Å². The van der Waals surface area contributed by atoms with E-state index in [1.54, 1.807) is 13.8 Å². The molecule has 1 fully saturated rings. The summed E-state index contributed by atoms with van der Waals surface area (Å²) in [4.78, 5) is 11.0. The van der Waals surface area contributed by atoms with Crippen LogP contribution < -0.4 is 4.72 Å². The fourth-order valence-corrected chi connectivity index (χ4v) is 4.05. The molecule has 0 aromatic rings. The molecule has 0 saturated heterocycles.